The largest absolute Gasteiger partial charge is 0.373 e. The Morgan fingerprint density at radius 3 is 2.53 bits per heavy atom. The van der Waals surface area contributed by atoms with Crippen molar-refractivity contribution in [1.29, 1.82) is 0 Å². The lowest BCUT2D eigenvalue weighted by molar-refractivity contribution is 0.126. The highest BCUT2D eigenvalue weighted by Gasteiger charge is 2.17. The topological polar surface area (TPSA) is 31.4 Å². The smallest absolute Gasteiger partial charge is 0.126 e. The molecule has 0 saturated carbocycles. The molecule has 0 aromatic carbocycles. The highest BCUT2D eigenvalue weighted by molar-refractivity contribution is 6.31. The molecule has 0 spiro atoms. The number of hydrogen-bond donors (Lipinski definition) is 1. The van der Waals surface area contributed by atoms with Crippen molar-refractivity contribution < 1.29 is 0 Å². The van der Waals surface area contributed by atoms with E-state index in [2.05, 4.69) is 27.0 Å². The number of halogens is 1. The Hall–Kier alpha value is -0.840. The first-order valence-corrected chi connectivity index (χ1v) is 7.38. The molecule has 1 fully saturated rings. The fourth-order valence-electron chi connectivity index (χ4n) is 2.43. The van der Waals surface area contributed by atoms with Crippen LogP contribution >= 0.6 is 11.6 Å². The third-order valence-electron chi connectivity index (χ3n) is 3.55. The van der Waals surface area contributed by atoms with Gasteiger partial charge in [-0.3, -0.25) is 4.90 Å². The molecule has 19 heavy (non-hydrogen) atoms. The number of nitrogens with one attached hydrogen (secondary N) is 1. The Labute approximate surface area is 120 Å². The van der Waals surface area contributed by atoms with Gasteiger partial charge < -0.3 is 10.2 Å². The van der Waals surface area contributed by atoms with E-state index in [9.17, 15) is 0 Å². The van der Waals surface area contributed by atoms with E-state index in [1.807, 2.05) is 19.2 Å². The van der Waals surface area contributed by atoms with E-state index < -0.39 is 0 Å². The minimum Gasteiger partial charge on any atom is -0.373 e. The van der Waals surface area contributed by atoms with Gasteiger partial charge in [0.05, 0.1) is 10.7 Å². The monoisotopic (exact) mass is 282 g/mol. The van der Waals surface area contributed by atoms with Crippen LogP contribution in [0.3, 0.4) is 0 Å². The van der Waals surface area contributed by atoms with Crippen LogP contribution in [0.2, 0.25) is 5.02 Å². The second-order valence-electron chi connectivity index (χ2n) is 4.99. The van der Waals surface area contributed by atoms with Gasteiger partial charge in [-0.2, -0.15) is 0 Å². The number of rotatable bonds is 5. The van der Waals surface area contributed by atoms with Crippen LogP contribution in [-0.2, 0) is 6.54 Å². The molecule has 4 nitrogen and oxygen atoms in total. The van der Waals surface area contributed by atoms with E-state index in [1.54, 1.807) is 0 Å². The van der Waals surface area contributed by atoms with Crippen molar-refractivity contribution in [3.8, 4) is 0 Å². The molecule has 1 aromatic heterocycles. The number of hydrogen-bond acceptors (Lipinski definition) is 4. The fraction of sp³-hybridized carbons (Fsp3) is 0.643. The quantitative estimate of drug-likeness (QED) is 0.898. The fourth-order valence-corrected chi connectivity index (χ4v) is 2.60. The van der Waals surface area contributed by atoms with Gasteiger partial charge in [-0.15, -0.1) is 0 Å². The Balaban J connectivity index is 1.91. The second kappa shape index (κ2) is 7.08. The molecule has 0 bridgehead atoms. The summed E-state index contributed by atoms with van der Waals surface area (Å²) in [7, 11) is 1.88. The Kier molecular flexibility index (Phi) is 5.43. The van der Waals surface area contributed by atoms with E-state index in [0.717, 1.165) is 49.3 Å². The number of nitrogens with zero attached hydrogens (tertiary/aromatic N) is 3. The maximum absolute atomic E-state index is 6.22. The summed E-state index contributed by atoms with van der Waals surface area (Å²) in [5.74, 6) is 0.879. The van der Waals surface area contributed by atoms with Crippen LogP contribution in [0.15, 0.2) is 12.1 Å². The molecule has 1 aliphatic rings. The van der Waals surface area contributed by atoms with Crippen LogP contribution in [0.5, 0.6) is 0 Å². The Morgan fingerprint density at radius 2 is 1.89 bits per heavy atom. The third-order valence-corrected chi connectivity index (χ3v) is 3.90. The van der Waals surface area contributed by atoms with Gasteiger partial charge in [0.25, 0.3) is 0 Å². The van der Waals surface area contributed by atoms with E-state index >= 15 is 0 Å². The zero-order chi connectivity index (χ0) is 13.7. The molecule has 2 rings (SSSR count). The first-order valence-electron chi connectivity index (χ1n) is 7.00. The third kappa shape index (κ3) is 4.06. The van der Waals surface area contributed by atoms with Crippen LogP contribution in [0.1, 0.15) is 19.0 Å². The molecule has 2 heterocycles. The van der Waals surface area contributed by atoms with Crippen LogP contribution in [0.4, 0.5) is 5.82 Å². The zero-order valence-electron chi connectivity index (χ0n) is 11.8. The predicted molar refractivity (Wildman–Crippen MR) is 80.8 cm³/mol. The number of pyridine rings is 1. The molecule has 106 valence electrons. The van der Waals surface area contributed by atoms with Gasteiger partial charge in [0.2, 0.25) is 0 Å². The van der Waals surface area contributed by atoms with E-state index in [-0.39, 0.29) is 0 Å². The molecule has 5 heteroatoms. The lowest BCUT2D eigenvalue weighted by Gasteiger charge is -2.34. The summed E-state index contributed by atoms with van der Waals surface area (Å²) in [6, 6.07) is 3.83. The minimum absolute atomic E-state index is 0.759. The van der Waals surface area contributed by atoms with Crippen molar-refractivity contribution in [2.24, 2.45) is 0 Å². The van der Waals surface area contributed by atoms with E-state index in [4.69, 9.17) is 11.6 Å². The van der Waals surface area contributed by atoms with E-state index in [0.29, 0.717) is 0 Å². The first kappa shape index (κ1) is 14.6. The lowest BCUT2D eigenvalue weighted by atomic mass is 10.2. The minimum atomic E-state index is 0.759. The normalized spacial score (nSPS) is 17.6. The van der Waals surface area contributed by atoms with Crippen molar-refractivity contribution in [2.75, 3.05) is 45.1 Å². The standard InChI is InChI=1S/C14H23ClN4/c1-3-6-18-7-9-19(10-8-18)11-13-12(15)4-5-14(16-2)17-13/h4-5H,3,6-11H2,1-2H3,(H,16,17). The van der Waals surface area contributed by atoms with Gasteiger partial charge in [-0.25, -0.2) is 4.98 Å². The second-order valence-corrected chi connectivity index (χ2v) is 5.40. The summed E-state index contributed by atoms with van der Waals surface area (Å²) in [5.41, 5.74) is 0.970. The van der Waals surface area contributed by atoms with Crippen molar-refractivity contribution in [3.63, 3.8) is 0 Å². The van der Waals surface area contributed by atoms with Gasteiger partial charge in [-0.05, 0) is 25.1 Å². The predicted octanol–water partition coefficient (Wildman–Crippen LogP) is 2.30. The van der Waals surface area contributed by atoms with Gasteiger partial charge in [0, 0.05) is 39.8 Å². The Morgan fingerprint density at radius 1 is 1.21 bits per heavy atom. The van der Waals surface area contributed by atoms with Crippen molar-refractivity contribution in [2.45, 2.75) is 19.9 Å². The average molecular weight is 283 g/mol. The van der Waals surface area contributed by atoms with Crippen LogP contribution < -0.4 is 5.32 Å². The van der Waals surface area contributed by atoms with Gasteiger partial charge in [0.15, 0.2) is 0 Å². The zero-order valence-corrected chi connectivity index (χ0v) is 12.6. The van der Waals surface area contributed by atoms with Crippen LogP contribution in [0, 0.1) is 0 Å². The maximum Gasteiger partial charge on any atom is 0.126 e. The van der Waals surface area contributed by atoms with Gasteiger partial charge >= 0.3 is 0 Å². The summed E-state index contributed by atoms with van der Waals surface area (Å²) in [6.07, 6.45) is 1.23. The lowest BCUT2D eigenvalue weighted by Crippen LogP contribution is -2.46. The molecule has 0 aliphatic carbocycles. The average Bonchev–Trinajstić information content (AvgIpc) is 2.44. The molecular formula is C14H23ClN4. The summed E-state index contributed by atoms with van der Waals surface area (Å²) in [4.78, 5) is 9.50. The summed E-state index contributed by atoms with van der Waals surface area (Å²) >= 11 is 6.22. The molecule has 0 atom stereocenters. The van der Waals surface area contributed by atoms with Crippen molar-refractivity contribution in [3.05, 3.63) is 22.8 Å². The SMILES string of the molecule is CCCN1CCN(Cc2nc(NC)ccc2Cl)CC1. The molecule has 1 saturated heterocycles. The van der Waals surface area contributed by atoms with Crippen molar-refractivity contribution in [1.82, 2.24) is 14.8 Å². The molecule has 1 aromatic rings. The molecular weight excluding hydrogens is 260 g/mol. The summed E-state index contributed by atoms with van der Waals surface area (Å²) < 4.78 is 0. The molecule has 1 N–H and O–H groups in total. The molecule has 0 unspecified atom stereocenters. The summed E-state index contributed by atoms with van der Waals surface area (Å²) in [5, 5.41) is 3.82. The molecule has 0 amide bonds. The molecule has 1 aliphatic heterocycles. The van der Waals surface area contributed by atoms with E-state index in [1.165, 1.54) is 13.0 Å². The van der Waals surface area contributed by atoms with Crippen LogP contribution in [-0.4, -0.2) is 54.6 Å². The molecule has 0 radical (unpaired) electrons. The van der Waals surface area contributed by atoms with Gasteiger partial charge in [-0.1, -0.05) is 18.5 Å². The summed E-state index contributed by atoms with van der Waals surface area (Å²) in [6.45, 7) is 8.79. The highest BCUT2D eigenvalue weighted by Crippen LogP contribution is 2.19. The maximum atomic E-state index is 6.22. The highest BCUT2D eigenvalue weighted by atomic mass is 35.5. The number of anilines is 1. The number of piperazine rings is 1. The number of aromatic nitrogens is 1. The van der Waals surface area contributed by atoms with Crippen molar-refractivity contribution >= 4 is 17.4 Å². The Bertz CT molecular complexity index is 402. The van der Waals surface area contributed by atoms with Crippen LogP contribution in [0.25, 0.3) is 0 Å². The van der Waals surface area contributed by atoms with Gasteiger partial charge in [0.1, 0.15) is 5.82 Å². The first-order chi connectivity index (χ1) is 9.22.